The molecule has 8 heteroatoms. The van der Waals surface area contributed by atoms with E-state index in [1.807, 2.05) is 0 Å². The summed E-state index contributed by atoms with van der Waals surface area (Å²) < 4.78 is 33.6. The molecule has 0 saturated heterocycles. The van der Waals surface area contributed by atoms with Gasteiger partial charge in [0.25, 0.3) is 0 Å². The lowest BCUT2D eigenvalue weighted by Gasteiger charge is -2.03. The fourth-order valence-electron chi connectivity index (χ4n) is 1.70. The number of furan rings is 1. The fourth-order valence-corrected chi connectivity index (χ4v) is 2.90. The maximum absolute atomic E-state index is 12.1. The van der Waals surface area contributed by atoms with Crippen molar-refractivity contribution in [3.8, 4) is 0 Å². The number of aryl methyl sites for hydroxylation is 2. The molecule has 7 nitrogen and oxygen atoms in total. The molecule has 0 aromatic carbocycles. The van der Waals surface area contributed by atoms with Crippen molar-refractivity contribution in [3.05, 3.63) is 35.5 Å². The molecule has 0 saturated carbocycles. The minimum atomic E-state index is -3.62. The second-order valence-corrected chi connectivity index (χ2v) is 5.88. The van der Waals surface area contributed by atoms with Crippen molar-refractivity contribution in [2.75, 3.05) is 0 Å². The molecule has 0 unspecified atom stereocenters. The summed E-state index contributed by atoms with van der Waals surface area (Å²) in [5.41, 5.74) is 6.07. The van der Waals surface area contributed by atoms with Gasteiger partial charge >= 0.3 is 0 Å². The summed E-state index contributed by atoms with van der Waals surface area (Å²) in [6.45, 7) is 1.89. The Balaban J connectivity index is 2.15. The normalized spacial score (nSPS) is 11.9. The lowest BCUT2D eigenvalue weighted by atomic mass is 10.4. The molecule has 0 aliphatic heterocycles. The molecule has 2 heterocycles. The molecule has 0 spiro atoms. The van der Waals surface area contributed by atoms with Crippen LogP contribution in [0.2, 0.25) is 0 Å². The Bertz CT molecular complexity index is 672. The second kappa shape index (κ2) is 5.16. The van der Waals surface area contributed by atoms with Crippen molar-refractivity contribution in [2.24, 2.45) is 12.8 Å². The zero-order chi connectivity index (χ0) is 14.0. The van der Waals surface area contributed by atoms with Crippen LogP contribution in [-0.4, -0.2) is 18.2 Å². The quantitative estimate of drug-likeness (QED) is 0.819. The average Bonchev–Trinajstić information content (AvgIpc) is 2.93. The Hall–Kier alpha value is -1.64. The first-order valence-electron chi connectivity index (χ1n) is 5.70. The van der Waals surface area contributed by atoms with Crippen LogP contribution in [0.1, 0.15) is 17.2 Å². The molecule has 0 atom stereocenters. The lowest BCUT2D eigenvalue weighted by molar-refractivity contribution is 0.478. The van der Waals surface area contributed by atoms with E-state index in [9.17, 15) is 8.42 Å². The molecule has 0 fully saturated rings. The first kappa shape index (κ1) is 13.8. The van der Waals surface area contributed by atoms with E-state index < -0.39 is 10.0 Å². The van der Waals surface area contributed by atoms with Crippen LogP contribution in [0.3, 0.4) is 0 Å². The van der Waals surface area contributed by atoms with Crippen LogP contribution in [0.25, 0.3) is 0 Å². The monoisotopic (exact) mass is 284 g/mol. The van der Waals surface area contributed by atoms with Crippen molar-refractivity contribution in [1.29, 1.82) is 0 Å². The average molecular weight is 284 g/mol. The number of nitrogens with zero attached hydrogens (tertiary/aromatic N) is 2. The number of hydrogen-bond acceptors (Lipinski definition) is 5. The van der Waals surface area contributed by atoms with Crippen molar-refractivity contribution < 1.29 is 12.8 Å². The third kappa shape index (κ3) is 3.03. The van der Waals surface area contributed by atoms with Crippen LogP contribution in [0, 0.1) is 6.92 Å². The van der Waals surface area contributed by atoms with E-state index in [4.69, 9.17) is 10.2 Å². The van der Waals surface area contributed by atoms with Gasteiger partial charge in [0.05, 0.1) is 18.8 Å². The molecule has 2 rings (SSSR count). The topological polar surface area (TPSA) is 103 Å². The van der Waals surface area contributed by atoms with Gasteiger partial charge in [0.1, 0.15) is 16.4 Å². The minimum Gasteiger partial charge on any atom is -0.464 e. The zero-order valence-corrected chi connectivity index (χ0v) is 11.6. The molecule has 3 N–H and O–H groups in total. The Morgan fingerprint density at radius 2 is 2.26 bits per heavy atom. The van der Waals surface area contributed by atoms with E-state index in [1.54, 1.807) is 30.9 Å². The van der Waals surface area contributed by atoms with E-state index in [-0.39, 0.29) is 18.0 Å². The first-order valence-corrected chi connectivity index (χ1v) is 7.18. The highest BCUT2D eigenvalue weighted by Gasteiger charge is 2.21. The van der Waals surface area contributed by atoms with Crippen LogP contribution < -0.4 is 10.5 Å². The van der Waals surface area contributed by atoms with E-state index in [0.717, 1.165) is 0 Å². The van der Waals surface area contributed by atoms with Gasteiger partial charge in [0, 0.05) is 19.3 Å². The van der Waals surface area contributed by atoms with Gasteiger partial charge in [-0.15, -0.1) is 0 Å². The van der Waals surface area contributed by atoms with Crippen molar-refractivity contribution >= 4 is 10.0 Å². The predicted octanol–water partition coefficient (Wildman–Crippen LogP) is 0.259. The highest BCUT2D eigenvalue weighted by Crippen LogP contribution is 2.19. The molecule has 0 aliphatic carbocycles. The molecule has 2 aromatic heterocycles. The second-order valence-electron chi connectivity index (χ2n) is 4.14. The highest BCUT2D eigenvalue weighted by atomic mass is 32.2. The van der Waals surface area contributed by atoms with Gasteiger partial charge in [-0.2, -0.15) is 5.10 Å². The number of rotatable bonds is 5. The predicted molar refractivity (Wildman–Crippen MR) is 68.6 cm³/mol. The maximum Gasteiger partial charge on any atom is 0.244 e. The van der Waals surface area contributed by atoms with Crippen LogP contribution in [-0.2, 0) is 30.2 Å². The summed E-state index contributed by atoms with van der Waals surface area (Å²) >= 11 is 0. The molecule has 104 valence electrons. The van der Waals surface area contributed by atoms with E-state index in [1.165, 1.54) is 6.07 Å². The Morgan fingerprint density at radius 1 is 1.53 bits per heavy atom. The molecule has 0 aliphatic rings. The largest absolute Gasteiger partial charge is 0.464 e. The van der Waals surface area contributed by atoms with Gasteiger partial charge in [0.2, 0.25) is 10.0 Å². The van der Waals surface area contributed by atoms with E-state index in [0.29, 0.717) is 17.2 Å². The molecule has 0 amide bonds. The molecule has 0 radical (unpaired) electrons. The number of hydrogen-bond donors (Lipinski definition) is 2. The van der Waals surface area contributed by atoms with Crippen LogP contribution in [0.5, 0.6) is 0 Å². The standard InChI is InChI=1S/C11H16N4O3S/c1-8-11(5-10(6-12)18-8)19(16,17)13-7-9-3-4-15(2)14-9/h3-5,13H,6-7,12H2,1-2H3. The number of nitrogens with two attached hydrogens (primary N) is 1. The molecule has 19 heavy (non-hydrogen) atoms. The smallest absolute Gasteiger partial charge is 0.244 e. The van der Waals surface area contributed by atoms with Crippen LogP contribution in [0.15, 0.2) is 27.6 Å². The van der Waals surface area contributed by atoms with E-state index >= 15 is 0 Å². The summed E-state index contributed by atoms with van der Waals surface area (Å²) in [6, 6.07) is 3.19. The summed E-state index contributed by atoms with van der Waals surface area (Å²) in [5.74, 6) is 0.768. The van der Waals surface area contributed by atoms with Gasteiger partial charge in [-0.05, 0) is 13.0 Å². The third-order valence-corrected chi connectivity index (χ3v) is 4.13. The van der Waals surface area contributed by atoms with Gasteiger partial charge in [-0.3, -0.25) is 4.68 Å². The van der Waals surface area contributed by atoms with Crippen molar-refractivity contribution in [3.63, 3.8) is 0 Å². The summed E-state index contributed by atoms with van der Waals surface area (Å²) in [7, 11) is -1.85. The van der Waals surface area contributed by atoms with Crippen LogP contribution in [0.4, 0.5) is 0 Å². The number of nitrogens with one attached hydrogen (secondary N) is 1. The first-order chi connectivity index (χ1) is 8.92. The van der Waals surface area contributed by atoms with Gasteiger partial charge < -0.3 is 10.2 Å². The number of aromatic nitrogens is 2. The van der Waals surface area contributed by atoms with Gasteiger partial charge in [0.15, 0.2) is 0 Å². The zero-order valence-electron chi connectivity index (χ0n) is 10.8. The Kier molecular flexibility index (Phi) is 3.74. The molecular formula is C11H16N4O3S. The summed E-state index contributed by atoms with van der Waals surface area (Å²) in [6.07, 6.45) is 1.75. The Labute approximate surface area is 111 Å². The summed E-state index contributed by atoms with van der Waals surface area (Å²) in [5, 5.41) is 4.10. The van der Waals surface area contributed by atoms with Crippen LogP contribution >= 0.6 is 0 Å². The van der Waals surface area contributed by atoms with Gasteiger partial charge in [-0.25, -0.2) is 13.1 Å². The van der Waals surface area contributed by atoms with Crippen molar-refractivity contribution in [2.45, 2.75) is 24.9 Å². The molecule has 2 aromatic rings. The Morgan fingerprint density at radius 3 is 2.79 bits per heavy atom. The number of sulfonamides is 1. The molecule has 0 bridgehead atoms. The van der Waals surface area contributed by atoms with Gasteiger partial charge in [-0.1, -0.05) is 0 Å². The lowest BCUT2D eigenvalue weighted by Crippen LogP contribution is -2.23. The summed E-state index contributed by atoms with van der Waals surface area (Å²) in [4.78, 5) is 0.115. The SMILES string of the molecule is Cc1oc(CN)cc1S(=O)(=O)NCc1ccn(C)n1. The van der Waals surface area contributed by atoms with Crippen molar-refractivity contribution in [1.82, 2.24) is 14.5 Å². The van der Waals surface area contributed by atoms with E-state index in [2.05, 4.69) is 9.82 Å². The third-order valence-electron chi connectivity index (χ3n) is 2.63. The fraction of sp³-hybridized carbons (Fsp3) is 0.364. The maximum atomic E-state index is 12.1. The minimum absolute atomic E-state index is 0.115. The molecular weight excluding hydrogens is 268 g/mol. The highest BCUT2D eigenvalue weighted by molar-refractivity contribution is 7.89.